The van der Waals surface area contributed by atoms with E-state index < -0.39 is 16.2 Å². The van der Waals surface area contributed by atoms with Gasteiger partial charge < -0.3 is 5.11 Å². The van der Waals surface area contributed by atoms with Crippen LogP contribution in [0.1, 0.15) is 33.6 Å². The minimum atomic E-state index is -3.41. The number of nitrogens with zero attached hydrogens (tertiary/aromatic N) is 2. The van der Waals surface area contributed by atoms with Crippen LogP contribution in [0.25, 0.3) is 0 Å². The Morgan fingerprint density at radius 2 is 1.75 bits per heavy atom. The van der Waals surface area contributed by atoms with E-state index in [0.717, 1.165) is 0 Å². The standard InChI is InChI=1S/C12H25N3O4S/c1-4-14(9-12(16)17)11-7-10(8-11)13-20(18,19)15(5-2)6-3/h10-11,13H,4-9H2,1-3H3,(H,16,17). The van der Waals surface area contributed by atoms with Gasteiger partial charge in [0.15, 0.2) is 0 Å². The van der Waals surface area contributed by atoms with Gasteiger partial charge in [0.2, 0.25) is 0 Å². The van der Waals surface area contributed by atoms with Crippen molar-refractivity contribution in [3.8, 4) is 0 Å². The lowest BCUT2D eigenvalue weighted by Crippen LogP contribution is -2.56. The van der Waals surface area contributed by atoms with E-state index in [1.165, 1.54) is 4.31 Å². The second-order valence-corrected chi connectivity index (χ2v) is 6.69. The lowest BCUT2D eigenvalue weighted by atomic mass is 9.86. The van der Waals surface area contributed by atoms with Crippen LogP contribution in [0, 0.1) is 0 Å². The first-order valence-corrected chi connectivity index (χ1v) is 8.51. The minimum absolute atomic E-state index is 0.0106. The zero-order valence-corrected chi connectivity index (χ0v) is 13.2. The normalized spacial score (nSPS) is 23.1. The van der Waals surface area contributed by atoms with Gasteiger partial charge in [-0.3, -0.25) is 9.69 Å². The van der Waals surface area contributed by atoms with Crippen LogP contribution in [0.5, 0.6) is 0 Å². The van der Waals surface area contributed by atoms with Gasteiger partial charge in [0.1, 0.15) is 0 Å². The molecule has 0 bridgehead atoms. The predicted molar refractivity (Wildman–Crippen MR) is 76.7 cm³/mol. The Labute approximate surface area is 121 Å². The van der Waals surface area contributed by atoms with E-state index in [9.17, 15) is 13.2 Å². The van der Waals surface area contributed by atoms with Gasteiger partial charge in [-0.1, -0.05) is 20.8 Å². The molecule has 1 fully saturated rings. The SMILES string of the molecule is CCN(CC(=O)O)C1CC(NS(=O)(=O)N(CC)CC)C1. The Kier molecular flexibility index (Phi) is 6.38. The van der Waals surface area contributed by atoms with Crippen molar-refractivity contribution >= 4 is 16.2 Å². The van der Waals surface area contributed by atoms with Crippen molar-refractivity contribution in [1.82, 2.24) is 13.9 Å². The van der Waals surface area contributed by atoms with Crippen molar-refractivity contribution in [2.24, 2.45) is 0 Å². The highest BCUT2D eigenvalue weighted by atomic mass is 32.2. The van der Waals surface area contributed by atoms with E-state index >= 15 is 0 Å². The average Bonchev–Trinajstić information content (AvgIpc) is 2.31. The van der Waals surface area contributed by atoms with E-state index in [-0.39, 0.29) is 18.6 Å². The van der Waals surface area contributed by atoms with Crippen LogP contribution >= 0.6 is 0 Å². The Morgan fingerprint density at radius 3 is 2.15 bits per heavy atom. The Morgan fingerprint density at radius 1 is 1.20 bits per heavy atom. The average molecular weight is 307 g/mol. The van der Waals surface area contributed by atoms with Crippen molar-refractivity contribution in [3.05, 3.63) is 0 Å². The summed E-state index contributed by atoms with van der Waals surface area (Å²) in [5.74, 6) is -0.848. The Balaban J connectivity index is 2.47. The lowest BCUT2D eigenvalue weighted by molar-refractivity contribution is -0.139. The van der Waals surface area contributed by atoms with Crippen LogP contribution < -0.4 is 4.72 Å². The van der Waals surface area contributed by atoms with Gasteiger partial charge in [-0.25, -0.2) is 0 Å². The Bertz CT molecular complexity index is 416. The molecule has 0 atom stereocenters. The van der Waals surface area contributed by atoms with E-state index in [2.05, 4.69) is 4.72 Å². The molecular weight excluding hydrogens is 282 g/mol. The lowest BCUT2D eigenvalue weighted by Gasteiger charge is -2.42. The van der Waals surface area contributed by atoms with Crippen LogP contribution in [-0.2, 0) is 15.0 Å². The second kappa shape index (κ2) is 7.35. The summed E-state index contributed by atoms with van der Waals surface area (Å²) < 4.78 is 28.1. The summed E-state index contributed by atoms with van der Waals surface area (Å²) in [7, 11) is -3.41. The van der Waals surface area contributed by atoms with Gasteiger partial charge >= 0.3 is 5.97 Å². The number of carbonyl (C=O) groups is 1. The zero-order chi connectivity index (χ0) is 15.3. The molecule has 1 aliphatic carbocycles. The first kappa shape index (κ1) is 17.4. The molecule has 8 heteroatoms. The number of aliphatic carboxylic acids is 1. The van der Waals surface area contributed by atoms with Crippen LogP contribution in [0.3, 0.4) is 0 Å². The van der Waals surface area contributed by atoms with Gasteiger partial charge in [-0.05, 0) is 19.4 Å². The first-order chi connectivity index (χ1) is 9.33. The van der Waals surface area contributed by atoms with E-state index in [1.807, 2.05) is 11.8 Å². The molecule has 0 aliphatic heterocycles. The van der Waals surface area contributed by atoms with Crippen molar-refractivity contribution in [1.29, 1.82) is 0 Å². The molecule has 1 aliphatic rings. The predicted octanol–water partition coefficient (Wildman–Crippen LogP) is 0.100. The molecule has 7 nitrogen and oxygen atoms in total. The highest BCUT2D eigenvalue weighted by Crippen LogP contribution is 2.26. The zero-order valence-electron chi connectivity index (χ0n) is 12.4. The molecule has 0 aromatic carbocycles. The third-order valence-corrected chi connectivity index (χ3v) is 5.56. The summed E-state index contributed by atoms with van der Waals surface area (Å²) in [6, 6.07) is 0.0638. The fourth-order valence-electron chi connectivity index (χ4n) is 2.50. The quantitative estimate of drug-likeness (QED) is 0.630. The topological polar surface area (TPSA) is 90.0 Å². The smallest absolute Gasteiger partial charge is 0.317 e. The number of likely N-dealkylation sites (N-methyl/N-ethyl adjacent to an activating group) is 1. The molecule has 0 aromatic heterocycles. The molecular formula is C12H25N3O4S. The molecule has 20 heavy (non-hydrogen) atoms. The molecule has 1 rings (SSSR count). The summed E-state index contributed by atoms with van der Waals surface area (Å²) in [6.07, 6.45) is 1.34. The fraction of sp³-hybridized carbons (Fsp3) is 0.917. The molecule has 0 heterocycles. The molecule has 0 amide bonds. The molecule has 118 valence electrons. The number of carboxylic acids is 1. The van der Waals surface area contributed by atoms with Crippen molar-refractivity contribution < 1.29 is 18.3 Å². The van der Waals surface area contributed by atoms with Crippen LogP contribution in [0.4, 0.5) is 0 Å². The monoisotopic (exact) mass is 307 g/mol. The van der Waals surface area contributed by atoms with E-state index in [1.54, 1.807) is 13.8 Å². The second-order valence-electron chi connectivity index (χ2n) is 4.99. The van der Waals surface area contributed by atoms with Crippen LogP contribution in [0.15, 0.2) is 0 Å². The number of hydrogen-bond donors (Lipinski definition) is 2. The highest BCUT2D eigenvalue weighted by molar-refractivity contribution is 7.87. The number of rotatable bonds is 9. The van der Waals surface area contributed by atoms with Crippen LogP contribution in [-0.4, -0.2) is 67.0 Å². The number of nitrogens with one attached hydrogen (secondary N) is 1. The molecule has 0 unspecified atom stereocenters. The molecule has 2 N–H and O–H groups in total. The minimum Gasteiger partial charge on any atom is -0.480 e. The van der Waals surface area contributed by atoms with Crippen molar-refractivity contribution in [2.75, 3.05) is 26.2 Å². The summed E-state index contributed by atoms with van der Waals surface area (Å²) in [5.41, 5.74) is 0. The van der Waals surface area contributed by atoms with E-state index in [4.69, 9.17) is 5.11 Å². The van der Waals surface area contributed by atoms with Gasteiger partial charge in [0.25, 0.3) is 10.2 Å². The highest BCUT2D eigenvalue weighted by Gasteiger charge is 2.36. The van der Waals surface area contributed by atoms with Gasteiger partial charge in [0.05, 0.1) is 6.54 Å². The molecule has 0 spiro atoms. The number of carboxylic acid groups (broad SMARTS) is 1. The molecule has 0 radical (unpaired) electrons. The molecule has 1 saturated carbocycles. The largest absolute Gasteiger partial charge is 0.480 e. The summed E-state index contributed by atoms with van der Waals surface area (Å²) in [4.78, 5) is 12.6. The molecule has 0 saturated heterocycles. The maximum atomic E-state index is 12.0. The van der Waals surface area contributed by atoms with Crippen molar-refractivity contribution in [2.45, 2.75) is 45.7 Å². The van der Waals surface area contributed by atoms with Crippen LogP contribution in [0.2, 0.25) is 0 Å². The third kappa shape index (κ3) is 4.41. The summed E-state index contributed by atoms with van der Waals surface area (Å²) in [5, 5.41) is 8.81. The van der Waals surface area contributed by atoms with Gasteiger partial charge in [-0.2, -0.15) is 17.4 Å². The maximum Gasteiger partial charge on any atom is 0.317 e. The van der Waals surface area contributed by atoms with Gasteiger partial charge in [-0.15, -0.1) is 0 Å². The van der Waals surface area contributed by atoms with E-state index in [0.29, 0.717) is 32.5 Å². The van der Waals surface area contributed by atoms with Crippen molar-refractivity contribution in [3.63, 3.8) is 0 Å². The summed E-state index contributed by atoms with van der Waals surface area (Å²) in [6.45, 7) is 7.08. The van der Waals surface area contributed by atoms with Gasteiger partial charge in [0, 0.05) is 25.2 Å². The fourth-order valence-corrected chi connectivity index (χ4v) is 3.95. The summed E-state index contributed by atoms with van der Waals surface area (Å²) >= 11 is 0. The maximum absolute atomic E-state index is 12.0. The first-order valence-electron chi connectivity index (χ1n) is 7.07. The number of hydrogen-bond acceptors (Lipinski definition) is 4. The molecule has 0 aromatic rings. The Hall–Kier alpha value is -0.700. The third-order valence-electron chi connectivity index (χ3n) is 3.74.